The van der Waals surface area contributed by atoms with E-state index in [1.165, 1.54) is 29.7 Å². The smallest absolute Gasteiger partial charge is 0.261 e. The lowest BCUT2D eigenvalue weighted by molar-refractivity contribution is -0.133. The summed E-state index contributed by atoms with van der Waals surface area (Å²) in [4.78, 5) is 108. The van der Waals surface area contributed by atoms with Crippen molar-refractivity contribution in [3.63, 3.8) is 0 Å². The molecule has 2 fully saturated rings. The van der Waals surface area contributed by atoms with Crippen LogP contribution in [0.5, 0.6) is 34.5 Å². The van der Waals surface area contributed by atoms with Crippen molar-refractivity contribution < 1.29 is 67.1 Å². The number of rotatable bonds is 7. The molecule has 42 heteroatoms. The number of aromatic hydroxyl groups is 1. The van der Waals surface area contributed by atoms with Crippen molar-refractivity contribution in [2.24, 2.45) is 27.2 Å². The summed E-state index contributed by atoms with van der Waals surface area (Å²) >= 11 is 64.6. The summed E-state index contributed by atoms with van der Waals surface area (Å²) in [6.45, 7) is 1.42. The number of amidine groups is 1. The van der Waals surface area contributed by atoms with Crippen molar-refractivity contribution in [2.45, 2.75) is 98.0 Å². The molecule has 0 aromatic heterocycles. The maximum atomic E-state index is 13.3. The van der Waals surface area contributed by atoms with Crippen LogP contribution < -0.4 is 68.3 Å². The van der Waals surface area contributed by atoms with Crippen LogP contribution in [0.2, 0.25) is 30.1 Å². The number of carbonyl (C=O) groups is 8. The molecule has 2 saturated heterocycles. The lowest BCUT2D eigenvalue weighted by Gasteiger charge is -2.38. The lowest BCUT2D eigenvalue weighted by atomic mass is 9.80. The van der Waals surface area contributed by atoms with Crippen molar-refractivity contribution >= 4 is 300 Å². The third-order valence-corrected chi connectivity index (χ3v) is 29.2. The van der Waals surface area contributed by atoms with E-state index in [-0.39, 0.29) is 114 Å². The molecule has 9 heterocycles. The number of carbonyl (C=O) groups excluding carboxylic acids is 8. The van der Waals surface area contributed by atoms with E-state index in [2.05, 4.69) is 150 Å². The first-order chi connectivity index (χ1) is 68.3. The van der Waals surface area contributed by atoms with Gasteiger partial charge in [-0.15, -0.1) is 24.0 Å². The Morgan fingerprint density at radius 2 is 0.814 bits per heavy atom. The molecule has 26 nitrogen and oxygen atoms in total. The third-order valence-electron chi connectivity index (χ3n) is 23.8. The molecule has 10 atom stereocenters. The zero-order valence-electron chi connectivity index (χ0n) is 77.0. The number of thioether (sulfide) groups is 1. The number of hydrogen-bond donors (Lipinski definition) is 9. The number of likely N-dealkylation sites (N-methyl/N-ethyl adjacent to an activating group) is 2. The fraction of sp³-hybridized carbons (Fsp3) is 0.194. The summed E-state index contributed by atoms with van der Waals surface area (Å²) in [6.07, 6.45) is 3.04. The number of Topliss-reactive ketones (excluding diaryl/α,β-unsaturated/α-hetero) is 2. The van der Waals surface area contributed by atoms with E-state index in [1.54, 1.807) is 61.5 Å². The molecule has 5 amide bonds. The van der Waals surface area contributed by atoms with Crippen LogP contribution >= 0.6 is 236 Å². The molecule has 145 heavy (non-hydrogen) atoms. The normalized spacial score (nSPS) is 21.3. The molecule has 0 saturated carbocycles. The maximum absolute atomic E-state index is 13.3. The fourth-order valence-corrected chi connectivity index (χ4v) is 20.7. The molecule has 0 aliphatic carbocycles. The summed E-state index contributed by atoms with van der Waals surface area (Å²) < 4.78 is 35.8. The number of aldehydes is 1. The average Bonchev–Trinajstić information content (AvgIpc) is 1.63. The molecule has 9 aliphatic heterocycles. The largest absolute Gasteiger partial charge is 0.507 e. The first kappa shape index (κ1) is 116. The van der Waals surface area contributed by atoms with Crippen LogP contribution in [0.1, 0.15) is 151 Å². The van der Waals surface area contributed by atoms with Crippen LogP contribution in [-0.2, 0) is 46.1 Å². The van der Waals surface area contributed by atoms with Crippen molar-refractivity contribution in [3.05, 3.63) is 379 Å². The van der Waals surface area contributed by atoms with Crippen LogP contribution in [0, 0.1) is 0 Å². The number of nitrogens with two attached hydrogens (primary N) is 3. The van der Waals surface area contributed by atoms with E-state index in [0.29, 0.717) is 113 Å². The predicted molar refractivity (Wildman–Crippen MR) is 613 cm³/mol. The van der Waals surface area contributed by atoms with E-state index in [0.717, 1.165) is 88.4 Å². The summed E-state index contributed by atoms with van der Waals surface area (Å²) in [7, 11) is 3.41. The number of primary amides is 1. The van der Waals surface area contributed by atoms with Gasteiger partial charge in [0.25, 0.3) is 17.7 Å². The number of benzene rings is 12. The highest BCUT2D eigenvalue weighted by atomic mass is 127. The van der Waals surface area contributed by atoms with Gasteiger partial charge in [0.15, 0.2) is 44.4 Å². The average molecular weight is 2730 g/mol. The van der Waals surface area contributed by atoms with Gasteiger partial charge >= 0.3 is 0 Å². The molecule has 9 aliphatic rings. The Morgan fingerprint density at radius 3 is 1.17 bits per heavy atom. The molecule has 12 aromatic carbocycles. The van der Waals surface area contributed by atoms with E-state index >= 15 is 0 Å². The van der Waals surface area contributed by atoms with Crippen LogP contribution in [-0.4, -0.2) is 111 Å². The van der Waals surface area contributed by atoms with Crippen LogP contribution in [0.25, 0.3) is 0 Å². The molecule has 756 valence electrons. The van der Waals surface area contributed by atoms with Gasteiger partial charge in [-0.2, -0.15) is 0 Å². The van der Waals surface area contributed by atoms with Gasteiger partial charge in [0.05, 0.1) is 17.5 Å². The number of phenolic OH excluding ortho intramolecular Hbond substituents is 1. The van der Waals surface area contributed by atoms with Gasteiger partial charge in [-0.1, -0.05) is 272 Å². The van der Waals surface area contributed by atoms with Gasteiger partial charge in [-0.05, 0) is 240 Å². The van der Waals surface area contributed by atoms with Crippen LogP contribution in [0.3, 0.4) is 0 Å². The standard InChI is InChI=1S/C19H16BrClN2O2S.C18H15BrClN3O2.C17H15BrClN3O2.C17H12BrClN2O2S.C15H10BrClO2.C8H7BrO2.C7H5ClO.CH3I.CH3NO.HI.H3N/c1-23-17(24)19(22-18(23)26-2)10-16(11-3-6-13(21)7-4-11)25-15-8-5-12(20)9-14(15)19;1-23-16(24)18(22-17(23)21)9-15(10-2-5-12(20)6-3-10)25-14-7-4-11(19)8-13(14)18;18-10-3-6-13-12(7-10)17(15(23)21-16(20)22-17)8-14(24-13)9-1-4-11(19)5-2-9;18-10-3-6-13-12(7-10)17(15(22)20-16(24)21-17)8-14(23-13)9-1-4-11(19)5-2-9;16-10-3-6-14-12(7-10)13(18)8-15(19-14)9-1-4-11(17)5-2-9;1-5(10)7-4-6(9)2-3-8(7)11;8-7-3-1-6(5-9)2-4-7;1-2;2-1-3;;/h3-9,16H,10H2,1-2H3;2-8,15H,9H2,1H3,(H2,21,22);1-7,14,16,22H,8,20H2,(H,21,23);1-7,14H,8H2,(H2,20,21,22,24);1-7,15H,8H2;2-4,11H,1H3;1-5H;1H3;1H,(H2,2,3);1H;1H3. The molecule has 21 rings (SSSR count). The summed E-state index contributed by atoms with van der Waals surface area (Å²) in [5.74, 6) is 3.03. The van der Waals surface area contributed by atoms with E-state index in [9.17, 15) is 33.6 Å². The van der Waals surface area contributed by atoms with Crippen molar-refractivity contribution in [1.82, 2.24) is 37.2 Å². The molecule has 4 spiro atoms. The van der Waals surface area contributed by atoms with Gasteiger partial charge in [0.2, 0.25) is 12.3 Å². The van der Waals surface area contributed by atoms with Gasteiger partial charge in [-0.25, -0.2) is 9.98 Å². The maximum Gasteiger partial charge on any atom is 0.261 e. The predicted octanol–water partition coefficient (Wildman–Crippen LogP) is 25.5. The Labute approximate surface area is 957 Å². The van der Waals surface area contributed by atoms with E-state index < -0.39 is 28.4 Å². The number of amides is 5. The molecule has 0 bridgehead atoms. The second-order valence-corrected chi connectivity index (χ2v) is 42.1. The number of guanidine groups is 1. The van der Waals surface area contributed by atoms with Gasteiger partial charge in [-0.3, -0.25) is 59.2 Å². The first-order valence-electron chi connectivity index (χ1n) is 43.2. The molecule has 0 radical (unpaired) electrons. The molecular formula is C103H90Br6Cl6I2N12O14S2. The number of nitrogens with one attached hydrogen (secondary N) is 4. The highest BCUT2D eigenvalue weighted by Gasteiger charge is 2.58. The zero-order valence-corrected chi connectivity index (χ0v) is 97.2. The van der Waals surface area contributed by atoms with Crippen LogP contribution in [0.15, 0.2) is 292 Å². The Kier molecular flexibility index (Phi) is 41.4. The number of nitrogens with zero attached hydrogens (tertiary/aromatic N) is 4. The quantitative estimate of drug-likeness (QED) is 0.0235. The number of halogens is 14. The topological polar surface area (TPSA) is 395 Å². The summed E-state index contributed by atoms with van der Waals surface area (Å²) in [5, 5.41) is 26.0. The van der Waals surface area contributed by atoms with Gasteiger partial charge in [0, 0.05) is 125 Å². The van der Waals surface area contributed by atoms with E-state index in [1.807, 2.05) is 217 Å². The van der Waals surface area contributed by atoms with Crippen molar-refractivity contribution in [1.29, 1.82) is 0 Å². The highest BCUT2D eigenvalue weighted by molar-refractivity contribution is 14.1. The number of phenols is 1. The minimum absolute atomic E-state index is 0. The van der Waals surface area contributed by atoms with Crippen LogP contribution in [0.4, 0.5) is 0 Å². The first-order valence-corrected chi connectivity index (χ1v) is 54.0. The number of alkyl halides is 1. The third kappa shape index (κ3) is 27.1. The van der Waals surface area contributed by atoms with Gasteiger partial charge in [0.1, 0.15) is 83.1 Å². The van der Waals surface area contributed by atoms with E-state index in [4.69, 9.17) is 132 Å². The highest BCUT2D eigenvalue weighted by Crippen LogP contribution is 2.55. The van der Waals surface area contributed by atoms with Gasteiger partial charge < -0.3 is 62.4 Å². The Hall–Kier alpha value is -8.86. The summed E-state index contributed by atoms with van der Waals surface area (Å²) in [6, 6.07) is 76.9. The number of fused-ring (bicyclic) bond motifs is 9. The number of aliphatic imine (C=N–C) groups is 2. The van der Waals surface area contributed by atoms with Crippen molar-refractivity contribution in [2.75, 3.05) is 25.3 Å². The second-order valence-electron chi connectivity index (χ2n) is 32.8. The number of ether oxygens (including phenoxy) is 5. The molecule has 12 aromatic rings. The fourth-order valence-electron chi connectivity index (χ4n) is 16.9. The minimum atomic E-state index is -1.07. The zero-order chi connectivity index (χ0) is 103. The second kappa shape index (κ2) is 51.6. The summed E-state index contributed by atoms with van der Waals surface area (Å²) in [5.41, 5.74) is 21.7. The number of hydrogen-bond acceptors (Lipinski definition) is 22. The molecular weight excluding hydrogens is 2640 g/mol. The Balaban J connectivity index is 0.000000163. The Bertz CT molecular complexity index is 6910. The monoisotopic (exact) mass is 2720 g/mol. The lowest BCUT2D eigenvalue weighted by Crippen LogP contribution is -2.50. The number of thiocarbonyl (C=S) groups is 1. The Morgan fingerprint density at radius 1 is 0.483 bits per heavy atom. The minimum Gasteiger partial charge on any atom is -0.507 e. The molecule has 14 N–H and O–H groups in total. The SMILES string of the molecule is CC(=O)c1cc(Br)ccc1O.CI.CN1C(=O)C2(CC(c3ccc(Cl)cc3)Oc3ccc(Br)cc32)N=C1N.CSC1=NC2(CC(c3ccc(Cl)cc3)Oc3ccc(Br)cc32)C(=O)N1C.I.N.NC1NC(=O)C2(CC(c3ccc(Cl)cc3)Oc3ccc(Br)cc32)N1.NC=O.O=C1CC(c2ccc(Cl)cc2)Oc2ccc(Br)cc21.O=C1NC(=S)NC12CC(c1ccc(Cl)cc1)Oc1ccc(Br)cc12.O=Cc1ccc(Cl)cc1. The number of ketones is 2. The van der Waals surface area contributed by atoms with Crippen molar-refractivity contribution in [3.8, 4) is 34.5 Å². The molecule has 10 unspecified atom stereocenters.